The van der Waals surface area contributed by atoms with Gasteiger partial charge in [-0.3, -0.25) is 0 Å². The topological polar surface area (TPSA) is 0 Å². The molecule has 35 heavy (non-hydrogen) atoms. The summed E-state index contributed by atoms with van der Waals surface area (Å²) >= 11 is 0. The molecule has 0 spiro atoms. The fraction of sp³-hybridized carbons (Fsp3) is 1.00. The summed E-state index contributed by atoms with van der Waals surface area (Å²) in [5.74, 6) is 0. The summed E-state index contributed by atoms with van der Waals surface area (Å²) in [6.45, 7) is 14.8. The molecule has 3 atom stereocenters. The highest BCUT2D eigenvalue weighted by Crippen LogP contribution is 2.31. The Labute approximate surface area is 225 Å². The molecule has 0 N–H and O–H groups in total. The van der Waals surface area contributed by atoms with Crippen LogP contribution in [0, 0.1) is 0 Å². The number of quaternary nitrogens is 1. The molecule has 0 aliphatic heterocycles. The minimum Gasteiger partial charge on any atom is -0.319 e. The quantitative estimate of drug-likeness (QED) is 0.0786. The Morgan fingerprint density at radius 1 is 0.343 bits per heavy atom. The molecule has 0 radical (unpaired) electrons. The number of rotatable bonds is 27. The van der Waals surface area contributed by atoms with Crippen LogP contribution in [-0.2, 0) is 0 Å². The van der Waals surface area contributed by atoms with E-state index in [2.05, 4.69) is 48.6 Å². The van der Waals surface area contributed by atoms with E-state index in [1.54, 1.807) is 0 Å². The maximum atomic E-state index is 2.64. The molecule has 0 amide bonds. The van der Waals surface area contributed by atoms with Crippen LogP contribution in [0.5, 0.6) is 0 Å². The van der Waals surface area contributed by atoms with Crippen LogP contribution in [0.3, 0.4) is 0 Å². The Balaban J connectivity index is 4.67. The van der Waals surface area contributed by atoms with Gasteiger partial charge in [0.25, 0.3) is 0 Å². The lowest BCUT2D eigenvalue weighted by Gasteiger charge is -2.50. The molecular weight excluding hydrogens is 422 g/mol. The first kappa shape index (κ1) is 35.0. The molecule has 0 bridgehead atoms. The van der Waals surface area contributed by atoms with E-state index >= 15 is 0 Å². The van der Waals surface area contributed by atoms with Crippen LogP contribution in [0.25, 0.3) is 0 Å². The molecule has 0 aliphatic rings. The molecule has 0 saturated carbocycles. The van der Waals surface area contributed by atoms with Gasteiger partial charge in [-0.1, -0.05) is 136 Å². The van der Waals surface area contributed by atoms with Crippen LogP contribution in [0.2, 0.25) is 0 Å². The van der Waals surface area contributed by atoms with Gasteiger partial charge in [0.15, 0.2) is 0 Å². The first-order valence-electron chi connectivity index (χ1n) is 16.8. The van der Waals surface area contributed by atoms with Gasteiger partial charge in [-0.15, -0.1) is 0 Å². The molecule has 0 aromatic rings. The number of nitrogens with zero attached hydrogens (tertiary/aromatic N) is 1. The lowest BCUT2D eigenvalue weighted by atomic mass is 9.94. The first-order valence-corrected chi connectivity index (χ1v) is 16.8. The normalized spacial score (nSPS) is 16.2. The van der Waals surface area contributed by atoms with E-state index < -0.39 is 0 Å². The van der Waals surface area contributed by atoms with Gasteiger partial charge in [0, 0.05) is 0 Å². The molecule has 0 fully saturated rings. The second kappa shape index (κ2) is 24.3. The van der Waals surface area contributed by atoms with Gasteiger partial charge in [-0.25, -0.2) is 0 Å². The van der Waals surface area contributed by atoms with Crippen molar-refractivity contribution < 1.29 is 4.48 Å². The first-order chi connectivity index (χ1) is 16.9. The van der Waals surface area contributed by atoms with Gasteiger partial charge in [0.2, 0.25) is 0 Å². The molecule has 0 aromatic carbocycles. The molecule has 1 nitrogen and oxygen atoms in total. The molecule has 0 aliphatic carbocycles. The summed E-state index contributed by atoms with van der Waals surface area (Å²) < 4.78 is 1.32. The predicted molar refractivity (Wildman–Crippen MR) is 162 cm³/mol. The van der Waals surface area contributed by atoms with Crippen LogP contribution >= 0.6 is 0 Å². The summed E-state index contributed by atoms with van der Waals surface area (Å²) in [6.07, 6.45) is 34.4. The zero-order valence-corrected chi connectivity index (χ0v) is 26.1. The highest BCUT2D eigenvalue weighted by Gasteiger charge is 2.38. The SMILES string of the molecule is CCCCCCCCCC(C)[N+](C)(C(C)CCCCCCCCC)C(C)CCCCCCCCC. The summed E-state index contributed by atoms with van der Waals surface area (Å²) in [6, 6.07) is 2.39. The van der Waals surface area contributed by atoms with Gasteiger partial charge in [0.05, 0.1) is 25.2 Å². The van der Waals surface area contributed by atoms with Gasteiger partial charge in [-0.05, 0) is 59.3 Å². The molecular formula is C34H72N+. The van der Waals surface area contributed by atoms with Gasteiger partial charge >= 0.3 is 0 Å². The molecule has 0 aromatic heterocycles. The highest BCUT2D eigenvalue weighted by atomic mass is 15.4. The fourth-order valence-corrected chi connectivity index (χ4v) is 6.33. The Morgan fingerprint density at radius 3 is 0.771 bits per heavy atom. The second-order valence-electron chi connectivity index (χ2n) is 12.5. The summed E-state index contributed by atoms with van der Waals surface area (Å²) in [5.41, 5.74) is 0. The monoisotopic (exact) mass is 495 g/mol. The van der Waals surface area contributed by atoms with E-state index in [1.165, 1.54) is 159 Å². The lowest BCUT2D eigenvalue weighted by molar-refractivity contribution is -0.974. The molecule has 1 heteroatoms. The van der Waals surface area contributed by atoms with E-state index in [0.29, 0.717) is 0 Å². The third kappa shape index (κ3) is 17.2. The predicted octanol–water partition coefficient (Wildman–Crippen LogP) is 12.0. The second-order valence-corrected chi connectivity index (χ2v) is 12.5. The third-order valence-electron chi connectivity index (χ3n) is 9.53. The minimum atomic E-state index is 0.796. The zero-order chi connectivity index (χ0) is 26.2. The Bertz CT molecular complexity index is 357. The van der Waals surface area contributed by atoms with Crippen molar-refractivity contribution >= 4 is 0 Å². The molecule has 0 rings (SSSR count). The highest BCUT2D eigenvalue weighted by molar-refractivity contribution is 4.67. The van der Waals surface area contributed by atoms with Crippen LogP contribution < -0.4 is 0 Å². The summed E-state index contributed by atoms with van der Waals surface area (Å²) in [7, 11) is 2.64. The molecule has 0 heterocycles. The Kier molecular flexibility index (Phi) is 24.3. The number of hydrogen-bond donors (Lipinski definition) is 0. The smallest absolute Gasteiger partial charge is 0.0863 e. The maximum Gasteiger partial charge on any atom is 0.0863 e. The largest absolute Gasteiger partial charge is 0.319 e. The number of hydrogen-bond acceptors (Lipinski definition) is 0. The maximum absolute atomic E-state index is 2.64. The minimum absolute atomic E-state index is 0.796. The van der Waals surface area contributed by atoms with Crippen molar-refractivity contribution in [1.82, 2.24) is 0 Å². The van der Waals surface area contributed by atoms with Crippen LogP contribution in [0.1, 0.15) is 196 Å². The van der Waals surface area contributed by atoms with E-state index in [9.17, 15) is 0 Å². The van der Waals surface area contributed by atoms with Crippen molar-refractivity contribution in [3.8, 4) is 0 Å². The van der Waals surface area contributed by atoms with Crippen molar-refractivity contribution in [1.29, 1.82) is 0 Å². The average molecular weight is 495 g/mol. The van der Waals surface area contributed by atoms with Crippen molar-refractivity contribution in [2.45, 2.75) is 214 Å². The van der Waals surface area contributed by atoms with E-state index in [0.717, 1.165) is 18.1 Å². The molecule has 3 unspecified atom stereocenters. The average Bonchev–Trinajstić information content (AvgIpc) is 2.86. The van der Waals surface area contributed by atoms with Gasteiger partial charge in [0.1, 0.15) is 0 Å². The van der Waals surface area contributed by atoms with E-state index in [1.807, 2.05) is 0 Å². The standard InChI is InChI=1S/C34H72N/c1-8-11-14-17-20-23-26-29-32(4)35(7,33(5)30-27-24-21-18-15-12-9-2)34(6)31-28-25-22-19-16-13-10-3/h32-34H,8-31H2,1-7H3/q+1. The van der Waals surface area contributed by atoms with Crippen molar-refractivity contribution in [3.05, 3.63) is 0 Å². The third-order valence-corrected chi connectivity index (χ3v) is 9.53. The van der Waals surface area contributed by atoms with Crippen LogP contribution in [-0.4, -0.2) is 29.7 Å². The Morgan fingerprint density at radius 2 is 0.543 bits per heavy atom. The van der Waals surface area contributed by atoms with Crippen LogP contribution in [0.4, 0.5) is 0 Å². The molecule has 212 valence electrons. The van der Waals surface area contributed by atoms with Gasteiger partial charge < -0.3 is 4.48 Å². The Hall–Kier alpha value is -0.0400. The van der Waals surface area contributed by atoms with E-state index in [-0.39, 0.29) is 0 Å². The fourth-order valence-electron chi connectivity index (χ4n) is 6.33. The van der Waals surface area contributed by atoms with Crippen molar-refractivity contribution in [3.63, 3.8) is 0 Å². The summed E-state index contributed by atoms with van der Waals surface area (Å²) in [4.78, 5) is 0. The zero-order valence-electron chi connectivity index (χ0n) is 26.1. The van der Waals surface area contributed by atoms with Crippen LogP contribution in [0.15, 0.2) is 0 Å². The number of unbranched alkanes of at least 4 members (excludes halogenated alkanes) is 18. The van der Waals surface area contributed by atoms with E-state index in [4.69, 9.17) is 0 Å². The van der Waals surface area contributed by atoms with Crippen molar-refractivity contribution in [2.24, 2.45) is 0 Å². The molecule has 0 saturated heterocycles. The van der Waals surface area contributed by atoms with Gasteiger partial charge in [-0.2, -0.15) is 0 Å². The van der Waals surface area contributed by atoms with Crippen molar-refractivity contribution in [2.75, 3.05) is 7.05 Å². The lowest BCUT2D eigenvalue weighted by Crippen LogP contribution is -2.61. The summed E-state index contributed by atoms with van der Waals surface area (Å²) in [5, 5.41) is 0.